The van der Waals surface area contributed by atoms with Crippen LogP contribution in [-0.4, -0.2) is 46.6 Å². The quantitative estimate of drug-likeness (QED) is 0.430. The van der Waals surface area contributed by atoms with Crippen molar-refractivity contribution in [1.82, 2.24) is 0 Å². The number of aliphatic hydroxyl groups is 2. The summed E-state index contributed by atoms with van der Waals surface area (Å²) in [6.45, 7) is 13.1. The molecule has 0 bridgehead atoms. The van der Waals surface area contributed by atoms with Crippen molar-refractivity contribution in [2.75, 3.05) is 6.61 Å². The van der Waals surface area contributed by atoms with Gasteiger partial charge in [0.15, 0.2) is 0 Å². The number of ether oxygens (including phenoxy) is 2. The average Bonchev–Trinajstić information content (AvgIpc) is 3.10. The van der Waals surface area contributed by atoms with Gasteiger partial charge in [-0.25, -0.2) is 4.79 Å². The van der Waals surface area contributed by atoms with Crippen molar-refractivity contribution in [3.05, 3.63) is 35.5 Å². The fraction of sp³-hybridized carbons (Fsp3) is 0.714. The Kier molecular flexibility index (Phi) is 8.14. The number of carbonyl (C=O) groups excluding carboxylic acids is 2. The van der Waals surface area contributed by atoms with Crippen molar-refractivity contribution < 1.29 is 29.3 Å². The molecule has 3 aliphatic rings. The van der Waals surface area contributed by atoms with Crippen LogP contribution < -0.4 is 0 Å². The Labute approximate surface area is 204 Å². The van der Waals surface area contributed by atoms with E-state index in [0.717, 1.165) is 37.7 Å². The first-order chi connectivity index (χ1) is 15.8. The molecule has 0 aliphatic heterocycles. The van der Waals surface area contributed by atoms with Crippen molar-refractivity contribution in [2.24, 2.45) is 23.2 Å². The Hall–Kier alpha value is -1.92. The van der Waals surface area contributed by atoms with E-state index in [9.17, 15) is 19.8 Å². The van der Waals surface area contributed by atoms with Crippen molar-refractivity contribution in [3.63, 3.8) is 0 Å². The minimum absolute atomic E-state index is 0.152. The molecular formula is C28H42O6. The summed E-state index contributed by atoms with van der Waals surface area (Å²) in [5.74, 6) is 0.135. The minimum Gasteiger partial charge on any atom is -0.462 e. The second-order valence-electron chi connectivity index (χ2n) is 11.4. The lowest BCUT2D eigenvalue weighted by atomic mass is 9.61. The summed E-state index contributed by atoms with van der Waals surface area (Å²) < 4.78 is 10.7. The third kappa shape index (κ3) is 5.65. The van der Waals surface area contributed by atoms with Gasteiger partial charge in [0.05, 0.1) is 18.8 Å². The zero-order valence-electron chi connectivity index (χ0n) is 21.4. The average molecular weight is 475 g/mol. The Morgan fingerprint density at radius 2 is 1.85 bits per heavy atom. The predicted molar refractivity (Wildman–Crippen MR) is 131 cm³/mol. The summed E-state index contributed by atoms with van der Waals surface area (Å²) >= 11 is 0. The summed E-state index contributed by atoms with van der Waals surface area (Å²) in [6, 6.07) is 0. The lowest BCUT2D eigenvalue weighted by Crippen LogP contribution is -2.41. The van der Waals surface area contributed by atoms with Gasteiger partial charge in [-0.1, -0.05) is 43.7 Å². The van der Waals surface area contributed by atoms with Gasteiger partial charge in [-0.15, -0.1) is 0 Å². The third-order valence-corrected chi connectivity index (χ3v) is 8.39. The SMILES string of the molecule is C=C1[C@H](O)CC(=C/C=C2\CCC[C@]3(C)[C@@H]([C@H](C)COC(=O)C(C)(C)OC(C)=O)CC[C@@H]23)C[C@H]1O. The minimum atomic E-state index is -1.28. The molecule has 0 aromatic carbocycles. The Bertz CT molecular complexity index is 852. The maximum Gasteiger partial charge on any atom is 0.350 e. The number of rotatable bonds is 6. The molecule has 0 unspecified atom stereocenters. The number of hydrogen-bond acceptors (Lipinski definition) is 6. The van der Waals surface area contributed by atoms with Crippen LogP contribution in [0.15, 0.2) is 35.5 Å². The molecular weight excluding hydrogens is 432 g/mol. The molecule has 0 amide bonds. The first kappa shape index (κ1) is 26.7. The van der Waals surface area contributed by atoms with E-state index in [-0.39, 0.29) is 11.3 Å². The van der Waals surface area contributed by atoms with Gasteiger partial charge in [-0.05, 0) is 87.5 Å². The van der Waals surface area contributed by atoms with Gasteiger partial charge in [-0.2, -0.15) is 0 Å². The van der Waals surface area contributed by atoms with E-state index in [1.807, 2.05) is 0 Å². The maximum absolute atomic E-state index is 12.5. The summed E-state index contributed by atoms with van der Waals surface area (Å²) in [7, 11) is 0. The second-order valence-corrected chi connectivity index (χ2v) is 11.4. The summed E-state index contributed by atoms with van der Waals surface area (Å²) in [6.07, 6.45) is 9.66. The summed E-state index contributed by atoms with van der Waals surface area (Å²) in [5, 5.41) is 20.3. The monoisotopic (exact) mass is 474 g/mol. The van der Waals surface area contributed by atoms with Gasteiger partial charge in [-0.3, -0.25) is 4.79 Å². The van der Waals surface area contributed by atoms with E-state index in [1.165, 1.54) is 12.5 Å². The van der Waals surface area contributed by atoms with Crippen LogP contribution in [0.25, 0.3) is 0 Å². The smallest absolute Gasteiger partial charge is 0.350 e. The van der Waals surface area contributed by atoms with Crippen LogP contribution in [0, 0.1) is 23.2 Å². The topological polar surface area (TPSA) is 93.1 Å². The first-order valence-corrected chi connectivity index (χ1v) is 12.6. The molecule has 0 saturated heterocycles. The molecule has 2 N–H and O–H groups in total. The molecule has 0 spiro atoms. The van der Waals surface area contributed by atoms with Gasteiger partial charge in [0.1, 0.15) is 0 Å². The molecule has 3 aliphatic carbocycles. The number of hydrogen-bond donors (Lipinski definition) is 2. The fourth-order valence-electron chi connectivity index (χ4n) is 6.54. The molecule has 0 aromatic rings. The molecule has 3 rings (SSSR count). The number of fused-ring (bicyclic) bond motifs is 1. The zero-order valence-corrected chi connectivity index (χ0v) is 21.4. The number of esters is 2. The van der Waals surface area contributed by atoms with Crippen LogP contribution in [0.4, 0.5) is 0 Å². The van der Waals surface area contributed by atoms with Gasteiger partial charge >= 0.3 is 11.9 Å². The van der Waals surface area contributed by atoms with Crippen LogP contribution in [0.5, 0.6) is 0 Å². The molecule has 0 radical (unpaired) electrons. The molecule has 3 fully saturated rings. The number of carbonyl (C=O) groups is 2. The van der Waals surface area contributed by atoms with Crippen LogP contribution >= 0.6 is 0 Å². The second kappa shape index (κ2) is 10.4. The van der Waals surface area contributed by atoms with Crippen LogP contribution in [0.2, 0.25) is 0 Å². The molecule has 0 heterocycles. The van der Waals surface area contributed by atoms with Crippen molar-refractivity contribution in [2.45, 2.75) is 97.4 Å². The van der Waals surface area contributed by atoms with E-state index < -0.39 is 29.7 Å². The van der Waals surface area contributed by atoms with E-state index in [0.29, 0.717) is 36.9 Å². The maximum atomic E-state index is 12.5. The summed E-state index contributed by atoms with van der Waals surface area (Å²) in [5.41, 5.74) is 1.91. The Balaban J connectivity index is 1.66. The molecule has 0 aromatic heterocycles. The van der Waals surface area contributed by atoms with E-state index in [1.54, 1.807) is 13.8 Å². The highest BCUT2D eigenvalue weighted by atomic mass is 16.6. The lowest BCUT2D eigenvalue weighted by Gasteiger charge is -2.44. The van der Waals surface area contributed by atoms with E-state index in [4.69, 9.17) is 9.47 Å². The van der Waals surface area contributed by atoms with Crippen LogP contribution in [0.3, 0.4) is 0 Å². The predicted octanol–water partition coefficient (Wildman–Crippen LogP) is 4.65. The van der Waals surface area contributed by atoms with E-state index >= 15 is 0 Å². The largest absolute Gasteiger partial charge is 0.462 e. The molecule has 34 heavy (non-hydrogen) atoms. The standard InChI is InChI=1S/C28H42O6/c1-17(16-33-26(32)27(4,5)34-19(3)29)22-11-12-23-21(8-7-13-28(22,23)6)10-9-20-14-24(30)18(2)25(31)15-20/h9-10,17,22-25,30-31H,2,7-8,11-16H2,1,3-6H3/b21-10+/t17-,22-,23+,24-,25-,28-/m1/s1. The molecule has 6 nitrogen and oxygen atoms in total. The van der Waals surface area contributed by atoms with E-state index in [2.05, 4.69) is 32.6 Å². The first-order valence-electron chi connectivity index (χ1n) is 12.6. The van der Waals surface area contributed by atoms with Gasteiger partial charge in [0.2, 0.25) is 5.60 Å². The van der Waals surface area contributed by atoms with Crippen molar-refractivity contribution in [1.29, 1.82) is 0 Å². The molecule has 6 atom stereocenters. The molecule has 6 heteroatoms. The van der Waals surface area contributed by atoms with Crippen molar-refractivity contribution in [3.8, 4) is 0 Å². The Morgan fingerprint density at radius 3 is 2.47 bits per heavy atom. The lowest BCUT2D eigenvalue weighted by molar-refractivity contribution is -0.178. The molecule has 190 valence electrons. The highest BCUT2D eigenvalue weighted by Gasteiger charge is 2.51. The highest BCUT2D eigenvalue weighted by molar-refractivity contribution is 5.82. The third-order valence-electron chi connectivity index (χ3n) is 8.39. The molecule has 3 saturated carbocycles. The zero-order chi connectivity index (χ0) is 25.3. The summed E-state index contributed by atoms with van der Waals surface area (Å²) in [4.78, 5) is 23.8. The highest BCUT2D eigenvalue weighted by Crippen LogP contribution is 2.59. The Morgan fingerprint density at radius 1 is 1.21 bits per heavy atom. The number of aliphatic hydroxyl groups excluding tert-OH is 2. The van der Waals surface area contributed by atoms with Gasteiger partial charge in [0.25, 0.3) is 0 Å². The van der Waals surface area contributed by atoms with Crippen LogP contribution in [0.1, 0.15) is 79.6 Å². The van der Waals surface area contributed by atoms with Gasteiger partial charge in [0, 0.05) is 6.92 Å². The van der Waals surface area contributed by atoms with Crippen LogP contribution in [-0.2, 0) is 19.1 Å². The number of allylic oxidation sites excluding steroid dienone is 3. The fourth-order valence-corrected chi connectivity index (χ4v) is 6.54. The van der Waals surface area contributed by atoms with Crippen molar-refractivity contribution >= 4 is 11.9 Å². The van der Waals surface area contributed by atoms with Gasteiger partial charge < -0.3 is 19.7 Å². The normalized spacial score (nSPS) is 33.9.